The zero-order valence-electron chi connectivity index (χ0n) is 15.9. The van der Waals surface area contributed by atoms with Gasteiger partial charge in [0.2, 0.25) is 0 Å². The first-order valence-electron chi connectivity index (χ1n) is 8.03. The second-order valence-electron chi connectivity index (χ2n) is 9.28. The van der Waals surface area contributed by atoms with Crippen molar-refractivity contribution in [2.75, 3.05) is 0 Å². The van der Waals surface area contributed by atoms with Gasteiger partial charge >= 0.3 is 0 Å². The molecule has 22 heavy (non-hydrogen) atoms. The summed E-state index contributed by atoms with van der Waals surface area (Å²) in [5.74, 6) is 0. The van der Waals surface area contributed by atoms with E-state index in [2.05, 4.69) is 73.8 Å². The smallest absolute Gasteiger partial charge is 0.195 e. The number of rotatable bonds is 5. The maximum absolute atomic E-state index is 9.46. The molecule has 0 radical (unpaired) electrons. The zero-order valence-corrected chi connectivity index (χ0v) is 17.9. The lowest BCUT2D eigenvalue weighted by molar-refractivity contribution is 0.158. The molecule has 0 N–H and O–H groups in total. The van der Waals surface area contributed by atoms with Crippen molar-refractivity contribution in [2.24, 2.45) is 0 Å². The van der Waals surface area contributed by atoms with Crippen LogP contribution >= 0.6 is 0 Å². The average Bonchev–Trinajstić information content (AvgIpc) is 3.01. The molecule has 0 aromatic rings. The summed E-state index contributed by atoms with van der Waals surface area (Å²) in [5.41, 5.74) is 0. The molecule has 1 fully saturated rings. The van der Waals surface area contributed by atoms with Crippen LogP contribution in [0.4, 0.5) is 0 Å². The highest BCUT2D eigenvalue weighted by molar-refractivity contribution is 6.74. The summed E-state index contributed by atoms with van der Waals surface area (Å²) < 4.78 is 18.1. The van der Waals surface area contributed by atoms with Crippen LogP contribution in [0.2, 0.25) is 36.3 Å². The van der Waals surface area contributed by atoms with Crippen molar-refractivity contribution < 1.29 is 13.6 Å². The van der Waals surface area contributed by atoms with Crippen molar-refractivity contribution in [3.05, 3.63) is 0 Å². The average molecular weight is 344 g/mol. The molecule has 0 unspecified atom stereocenters. The Balaban J connectivity index is 2.69. The molecule has 0 saturated carbocycles. The van der Waals surface area contributed by atoms with E-state index in [4.69, 9.17) is 13.6 Å². The lowest BCUT2D eigenvalue weighted by atomic mass is 10.2. The number of ether oxygens (including phenoxy) is 1. The van der Waals surface area contributed by atoms with Crippen LogP contribution in [0.1, 0.15) is 41.5 Å². The Morgan fingerprint density at radius 3 is 1.77 bits per heavy atom. The van der Waals surface area contributed by atoms with E-state index in [0.717, 1.165) is 0 Å². The van der Waals surface area contributed by atoms with Gasteiger partial charge in [-0.05, 0) is 36.3 Å². The second kappa shape index (κ2) is 6.02. The molecule has 0 spiro atoms. The molecular weight excluding hydrogens is 310 g/mol. The maximum atomic E-state index is 9.46. The number of epoxide rings is 1. The predicted octanol–water partition coefficient (Wildman–Crippen LogP) is 4.65. The highest BCUT2D eigenvalue weighted by Crippen LogP contribution is 2.43. The van der Waals surface area contributed by atoms with Gasteiger partial charge in [0.15, 0.2) is 29.0 Å². The van der Waals surface area contributed by atoms with Crippen molar-refractivity contribution in [1.82, 2.24) is 0 Å². The van der Waals surface area contributed by atoms with E-state index >= 15 is 0 Å². The molecule has 0 bridgehead atoms. The van der Waals surface area contributed by atoms with Crippen molar-refractivity contribution in [1.29, 1.82) is 5.26 Å². The number of nitrogens with zero attached hydrogens (tertiary/aromatic N) is 1. The van der Waals surface area contributed by atoms with Crippen LogP contribution in [0.3, 0.4) is 0 Å². The quantitative estimate of drug-likeness (QED) is 0.538. The molecular formula is C16H33NO3Si2. The lowest BCUT2D eigenvalue weighted by Gasteiger charge is -2.37. The van der Waals surface area contributed by atoms with Gasteiger partial charge < -0.3 is 13.6 Å². The van der Waals surface area contributed by atoms with E-state index in [1.165, 1.54) is 0 Å². The molecule has 1 saturated heterocycles. The van der Waals surface area contributed by atoms with Gasteiger partial charge in [-0.15, -0.1) is 0 Å². The summed E-state index contributed by atoms with van der Waals surface area (Å²) in [6, 6.07) is 2.27. The third-order valence-electron chi connectivity index (χ3n) is 5.35. The summed E-state index contributed by atoms with van der Waals surface area (Å²) in [6.45, 7) is 21.8. The summed E-state index contributed by atoms with van der Waals surface area (Å²) >= 11 is 0. The molecule has 0 aliphatic carbocycles. The Labute approximate surface area is 138 Å². The van der Waals surface area contributed by atoms with Crippen molar-refractivity contribution in [2.45, 2.75) is 96.3 Å². The Bertz CT molecular complexity index is 444. The summed E-state index contributed by atoms with van der Waals surface area (Å²) in [4.78, 5) is 0. The first kappa shape index (κ1) is 19.8. The van der Waals surface area contributed by atoms with Crippen LogP contribution in [0.25, 0.3) is 0 Å². The fourth-order valence-corrected chi connectivity index (χ4v) is 3.85. The van der Waals surface area contributed by atoms with Crippen LogP contribution in [-0.4, -0.2) is 35.1 Å². The Morgan fingerprint density at radius 2 is 1.41 bits per heavy atom. The van der Waals surface area contributed by atoms with Crippen molar-refractivity contribution >= 4 is 16.6 Å². The molecule has 0 amide bonds. The van der Waals surface area contributed by atoms with Crippen LogP contribution in [0.5, 0.6) is 0 Å². The Hall–Kier alpha value is -0.196. The third kappa shape index (κ3) is 4.42. The Morgan fingerprint density at radius 1 is 0.955 bits per heavy atom. The van der Waals surface area contributed by atoms with Crippen molar-refractivity contribution in [3.63, 3.8) is 0 Å². The van der Waals surface area contributed by atoms with E-state index in [0.29, 0.717) is 0 Å². The first-order chi connectivity index (χ1) is 9.62. The van der Waals surface area contributed by atoms with E-state index in [9.17, 15) is 5.26 Å². The monoisotopic (exact) mass is 343 g/mol. The molecule has 4 nitrogen and oxygen atoms in total. The van der Waals surface area contributed by atoms with Gasteiger partial charge in [-0.2, -0.15) is 5.26 Å². The number of hydrogen-bond donors (Lipinski definition) is 0. The standard InChI is InChI=1S/C16H33NO3Si2/c1-15(2,3)21(7,8)19-12(11-17)13-14(18-13)20-22(9,10)16(4,5)6/h12-14H,1-10H3/t12-,13+,14+/m0/s1. The highest BCUT2D eigenvalue weighted by atomic mass is 28.4. The van der Waals surface area contributed by atoms with E-state index in [-0.39, 0.29) is 22.5 Å². The van der Waals surface area contributed by atoms with E-state index in [1.807, 2.05) is 0 Å². The van der Waals surface area contributed by atoms with E-state index in [1.54, 1.807) is 0 Å². The molecule has 1 heterocycles. The fourth-order valence-electron chi connectivity index (χ4n) is 1.55. The highest BCUT2D eigenvalue weighted by Gasteiger charge is 2.54. The zero-order chi connectivity index (χ0) is 17.6. The number of hydrogen-bond acceptors (Lipinski definition) is 4. The van der Waals surface area contributed by atoms with Gasteiger partial charge in [-0.3, -0.25) is 0 Å². The normalized spacial score (nSPS) is 24.8. The summed E-state index contributed by atoms with van der Waals surface area (Å²) in [5, 5.41) is 9.67. The van der Waals surface area contributed by atoms with Gasteiger partial charge in [0, 0.05) is 0 Å². The largest absolute Gasteiger partial charge is 0.399 e. The fraction of sp³-hybridized carbons (Fsp3) is 0.938. The molecule has 1 rings (SSSR count). The SMILES string of the molecule is CC(C)(C)[Si](C)(C)O[C@H]1O[C@@H]1[C@H](C#N)O[Si](C)(C)C(C)(C)C. The molecule has 3 atom stereocenters. The summed E-state index contributed by atoms with van der Waals surface area (Å²) in [6.07, 6.45) is -1.06. The minimum Gasteiger partial charge on any atom is -0.399 e. The molecule has 6 heteroatoms. The van der Waals surface area contributed by atoms with Crippen LogP contribution < -0.4 is 0 Å². The molecule has 0 aromatic heterocycles. The van der Waals surface area contributed by atoms with E-state index < -0.39 is 22.7 Å². The predicted molar refractivity (Wildman–Crippen MR) is 94.6 cm³/mol. The summed E-state index contributed by atoms with van der Waals surface area (Å²) in [7, 11) is -3.86. The number of nitriles is 1. The van der Waals surface area contributed by atoms with Crippen molar-refractivity contribution in [3.8, 4) is 6.07 Å². The molecule has 1 aliphatic heterocycles. The molecule has 128 valence electrons. The molecule has 1 aliphatic rings. The van der Waals surface area contributed by atoms with Gasteiger partial charge in [0.25, 0.3) is 0 Å². The van der Waals surface area contributed by atoms with Gasteiger partial charge in [0.1, 0.15) is 6.10 Å². The van der Waals surface area contributed by atoms with Crippen LogP contribution in [0.15, 0.2) is 0 Å². The first-order valence-corrected chi connectivity index (χ1v) is 13.8. The topological polar surface area (TPSA) is 54.8 Å². The maximum Gasteiger partial charge on any atom is 0.195 e. The Kier molecular flexibility index (Phi) is 5.43. The minimum atomic E-state index is -1.98. The lowest BCUT2D eigenvalue weighted by Crippen LogP contribution is -2.46. The second-order valence-corrected chi connectivity index (χ2v) is 18.8. The van der Waals surface area contributed by atoms with Crippen LogP contribution in [-0.2, 0) is 13.6 Å². The van der Waals surface area contributed by atoms with Crippen LogP contribution in [0, 0.1) is 11.3 Å². The third-order valence-corrected chi connectivity index (χ3v) is 14.2. The van der Waals surface area contributed by atoms with Gasteiger partial charge in [-0.25, -0.2) is 0 Å². The molecule has 0 aromatic carbocycles. The minimum absolute atomic E-state index is 0.0762. The van der Waals surface area contributed by atoms with Gasteiger partial charge in [-0.1, -0.05) is 41.5 Å². The van der Waals surface area contributed by atoms with Gasteiger partial charge in [0.05, 0.1) is 6.07 Å².